The van der Waals surface area contributed by atoms with E-state index in [1.54, 1.807) is 13.0 Å². The van der Waals surface area contributed by atoms with Gasteiger partial charge in [0.25, 0.3) is 5.91 Å². The van der Waals surface area contributed by atoms with Gasteiger partial charge < -0.3 is 5.32 Å². The van der Waals surface area contributed by atoms with Gasteiger partial charge in [-0.1, -0.05) is 6.07 Å². The molecule has 1 amide bonds. The topological polar surface area (TPSA) is 29.1 Å². The lowest BCUT2D eigenvalue weighted by Gasteiger charge is -2.10. The third-order valence-corrected chi connectivity index (χ3v) is 2.58. The minimum Gasteiger partial charge on any atom is -0.344 e. The van der Waals surface area contributed by atoms with E-state index >= 15 is 0 Å². The molecule has 0 aromatic carbocycles. The minimum atomic E-state index is -2.94. The second kappa shape index (κ2) is 4.32. The van der Waals surface area contributed by atoms with Crippen LogP contribution in [0.2, 0.25) is 0 Å². The summed E-state index contributed by atoms with van der Waals surface area (Å²) in [5.74, 6) is -1.22. The van der Waals surface area contributed by atoms with Crippen molar-refractivity contribution >= 4 is 17.2 Å². The second-order valence-corrected chi connectivity index (χ2v) is 3.53. The quantitative estimate of drug-likeness (QED) is 0.805. The Bertz CT molecular complexity index is 274. The average Bonchev–Trinajstić information content (AvgIpc) is 2.55. The highest BCUT2D eigenvalue weighted by Gasteiger charge is 2.18. The molecule has 0 fully saturated rings. The average molecular weight is 205 g/mol. The van der Waals surface area contributed by atoms with Crippen LogP contribution in [-0.2, 0) is 4.79 Å². The van der Waals surface area contributed by atoms with Crippen LogP contribution in [0, 0.1) is 0 Å². The SMILES string of the molecule is C[C@H](NC(=O)C(F)F)c1cccs1. The number of nitrogens with one attached hydrogen (secondary N) is 1. The van der Waals surface area contributed by atoms with Gasteiger partial charge in [-0.15, -0.1) is 11.3 Å². The molecule has 0 aliphatic heterocycles. The molecular formula is C8H9F2NOS. The normalized spacial score (nSPS) is 12.9. The van der Waals surface area contributed by atoms with Gasteiger partial charge >= 0.3 is 6.43 Å². The summed E-state index contributed by atoms with van der Waals surface area (Å²) in [6.07, 6.45) is -2.94. The highest BCUT2D eigenvalue weighted by molar-refractivity contribution is 7.10. The van der Waals surface area contributed by atoms with Gasteiger partial charge in [0.2, 0.25) is 0 Å². The number of rotatable bonds is 3. The minimum absolute atomic E-state index is 0.346. The smallest absolute Gasteiger partial charge is 0.315 e. The predicted octanol–water partition coefficient (Wildman–Crippen LogP) is 2.19. The Balaban J connectivity index is 2.51. The van der Waals surface area contributed by atoms with Crippen LogP contribution >= 0.6 is 11.3 Å². The highest BCUT2D eigenvalue weighted by atomic mass is 32.1. The molecule has 0 saturated carbocycles. The van der Waals surface area contributed by atoms with Crippen molar-refractivity contribution in [3.8, 4) is 0 Å². The van der Waals surface area contributed by atoms with Crippen molar-refractivity contribution in [2.24, 2.45) is 0 Å². The Hall–Kier alpha value is -0.970. The van der Waals surface area contributed by atoms with Crippen molar-refractivity contribution in [3.05, 3.63) is 22.4 Å². The Kier molecular flexibility index (Phi) is 3.36. The molecule has 0 aliphatic rings. The molecule has 1 atom stereocenters. The van der Waals surface area contributed by atoms with E-state index in [0.29, 0.717) is 0 Å². The van der Waals surface area contributed by atoms with Gasteiger partial charge in [-0.05, 0) is 18.4 Å². The van der Waals surface area contributed by atoms with Gasteiger partial charge in [-0.25, -0.2) is 0 Å². The summed E-state index contributed by atoms with van der Waals surface area (Å²) in [6, 6.07) is 3.26. The maximum Gasteiger partial charge on any atom is 0.315 e. The second-order valence-electron chi connectivity index (χ2n) is 2.55. The lowest BCUT2D eigenvalue weighted by molar-refractivity contribution is -0.132. The Labute approximate surface area is 78.6 Å². The molecule has 5 heteroatoms. The maximum absolute atomic E-state index is 11.8. The first-order valence-electron chi connectivity index (χ1n) is 3.73. The van der Waals surface area contributed by atoms with Gasteiger partial charge in [0.1, 0.15) is 0 Å². The fraction of sp³-hybridized carbons (Fsp3) is 0.375. The molecule has 1 heterocycles. The van der Waals surface area contributed by atoms with E-state index in [4.69, 9.17) is 0 Å². The molecule has 13 heavy (non-hydrogen) atoms. The van der Waals surface area contributed by atoms with Gasteiger partial charge in [0.05, 0.1) is 6.04 Å². The first-order valence-corrected chi connectivity index (χ1v) is 4.61. The van der Waals surface area contributed by atoms with Crippen LogP contribution < -0.4 is 5.32 Å². The molecule has 72 valence electrons. The number of carbonyl (C=O) groups excluding carboxylic acids is 1. The molecule has 2 nitrogen and oxygen atoms in total. The summed E-state index contributed by atoms with van der Waals surface area (Å²) in [4.78, 5) is 11.5. The van der Waals surface area contributed by atoms with E-state index in [0.717, 1.165) is 4.88 Å². The van der Waals surface area contributed by atoms with Crippen LogP contribution in [0.1, 0.15) is 17.8 Å². The van der Waals surface area contributed by atoms with Crippen molar-refractivity contribution < 1.29 is 13.6 Å². The summed E-state index contributed by atoms with van der Waals surface area (Å²) < 4.78 is 23.6. The fourth-order valence-electron chi connectivity index (χ4n) is 0.885. The summed E-state index contributed by atoms with van der Waals surface area (Å²) in [6.45, 7) is 1.67. The first kappa shape index (κ1) is 10.1. The van der Waals surface area contributed by atoms with Crippen molar-refractivity contribution in [1.29, 1.82) is 0 Å². The van der Waals surface area contributed by atoms with Crippen LogP contribution in [0.25, 0.3) is 0 Å². The Morgan fingerprint density at radius 2 is 2.31 bits per heavy atom. The number of carbonyl (C=O) groups is 1. The zero-order valence-corrected chi connectivity index (χ0v) is 7.78. The van der Waals surface area contributed by atoms with E-state index in [1.165, 1.54) is 11.3 Å². The highest BCUT2D eigenvalue weighted by Crippen LogP contribution is 2.18. The molecule has 0 aliphatic carbocycles. The largest absolute Gasteiger partial charge is 0.344 e. The van der Waals surface area contributed by atoms with Gasteiger partial charge in [0, 0.05) is 4.88 Å². The molecule has 0 unspecified atom stereocenters. The van der Waals surface area contributed by atoms with E-state index < -0.39 is 12.3 Å². The van der Waals surface area contributed by atoms with Crippen LogP contribution in [-0.4, -0.2) is 12.3 Å². The number of halogens is 2. The van der Waals surface area contributed by atoms with Gasteiger partial charge in [-0.3, -0.25) is 4.79 Å². The van der Waals surface area contributed by atoms with Crippen molar-refractivity contribution in [2.45, 2.75) is 19.4 Å². The molecule has 0 spiro atoms. The summed E-state index contributed by atoms with van der Waals surface area (Å²) in [7, 11) is 0. The number of hydrogen-bond donors (Lipinski definition) is 1. The van der Waals surface area contributed by atoms with Crippen LogP contribution in [0.3, 0.4) is 0 Å². The summed E-state index contributed by atoms with van der Waals surface area (Å²) in [5.41, 5.74) is 0. The van der Waals surface area contributed by atoms with Crippen LogP contribution in [0.4, 0.5) is 8.78 Å². The monoisotopic (exact) mass is 205 g/mol. The van der Waals surface area contributed by atoms with Crippen molar-refractivity contribution in [3.63, 3.8) is 0 Å². The molecule has 0 radical (unpaired) electrons. The van der Waals surface area contributed by atoms with Crippen LogP contribution in [0.15, 0.2) is 17.5 Å². The maximum atomic E-state index is 11.8. The summed E-state index contributed by atoms with van der Waals surface area (Å²) >= 11 is 1.43. The third-order valence-electron chi connectivity index (χ3n) is 1.53. The molecule has 1 aromatic heterocycles. The predicted molar refractivity (Wildman–Crippen MR) is 46.9 cm³/mol. The number of thiophene rings is 1. The molecule has 0 saturated heterocycles. The molecule has 1 N–H and O–H groups in total. The Morgan fingerprint density at radius 1 is 1.62 bits per heavy atom. The summed E-state index contributed by atoms with van der Waals surface area (Å²) in [5, 5.41) is 4.04. The van der Waals surface area contributed by atoms with Crippen molar-refractivity contribution in [1.82, 2.24) is 5.32 Å². The molecular weight excluding hydrogens is 196 g/mol. The standard InChI is InChI=1S/C8H9F2NOS/c1-5(6-3-2-4-13-6)11-8(12)7(9)10/h2-5,7H,1H3,(H,11,12)/t5-/m0/s1. The van der Waals surface area contributed by atoms with Gasteiger partial charge in [0.15, 0.2) is 0 Å². The zero-order valence-electron chi connectivity index (χ0n) is 6.96. The molecule has 1 aromatic rings. The number of amides is 1. The first-order chi connectivity index (χ1) is 6.11. The lowest BCUT2D eigenvalue weighted by atomic mass is 10.3. The van der Waals surface area contributed by atoms with E-state index in [-0.39, 0.29) is 6.04 Å². The fourth-order valence-corrected chi connectivity index (χ4v) is 1.62. The van der Waals surface area contributed by atoms with Crippen molar-refractivity contribution in [2.75, 3.05) is 0 Å². The molecule has 0 bridgehead atoms. The number of alkyl halides is 2. The van der Waals surface area contributed by atoms with E-state index in [9.17, 15) is 13.6 Å². The van der Waals surface area contributed by atoms with E-state index in [2.05, 4.69) is 5.32 Å². The zero-order chi connectivity index (χ0) is 9.84. The third kappa shape index (κ3) is 2.77. The Morgan fingerprint density at radius 3 is 2.77 bits per heavy atom. The van der Waals surface area contributed by atoms with E-state index in [1.807, 2.05) is 11.4 Å². The number of hydrogen-bond acceptors (Lipinski definition) is 2. The molecule has 1 rings (SSSR count). The van der Waals surface area contributed by atoms with Gasteiger partial charge in [-0.2, -0.15) is 8.78 Å². The lowest BCUT2D eigenvalue weighted by Crippen LogP contribution is -2.31. The van der Waals surface area contributed by atoms with Crippen LogP contribution in [0.5, 0.6) is 0 Å².